The number of hydrogen-bond donors (Lipinski definition) is 1. The van der Waals surface area contributed by atoms with Crippen LogP contribution in [0.3, 0.4) is 0 Å². The van der Waals surface area contributed by atoms with Crippen LogP contribution in [-0.2, 0) is 0 Å². The van der Waals surface area contributed by atoms with Crippen molar-refractivity contribution in [2.45, 2.75) is 77.4 Å². The van der Waals surface area contributed by atoms with Crippen molar-refractivity contribution in [1.29, 1.82) is 0 Å². The average molecular weight is 406 g/mol. The van der Waals surface area contributed by atoms with Crippen molar-refractivity contribution in [3.05, 3.63) is 23.8 Å². The van der Waals surface area contributed by atoms with Gasteiger partial charge in [-0.1, -0.05) is 48.0 Å². The van der Waals surface area contributed by atoms with Gasteiger partial charge in [0.05, 0.1) is 7.11 Å². The van der Waals surface area contributed by atoms with Gasteiger partial charge in [0.25, 0.3) is 8.32 Å². The van der Waals surface area contributed by atoms with Crippen LogP contribution in [0.4, 0.5) is 0 Å². The predicted molar refractivity (Wildman–Crippen MR) is 116 cm³/mol. The molecule has 5 heteroatoms. The summed E-state index contributed by atoms with van der Waals surface area (Å²) in [4.78, 5) is 13.0. The van der Waals surface area contributed by atoms with Crippen molar-refractivity contribution in [3.8, 4) is 11.5 Å². The van der Waals surface area contributed by atoms with E-state index in [4.69, 9.17) is 9.16 Å². The van der Waals surface area contributed by atoms with Crippen LogP contribution in [0.5, 0.6) is 11.5 Å². The molecule has 1 aliphatic rings. The quantitative estimate of drug-likeness (QED) is 0.426. The molecule has 1 aromatic rings. The fraction of sp³-hybridized carbons (Fsp3) is 0.696. The summed E-state index contributed by atoms with van der Waals surface area (Å²) in [5, 5.41) is 9.56. The van der Waals surface area contributed by atoms with Gasteiger partial charge in [0.1, 0.15) is 5.75 Å². The van der Waals surface area contributed by atoms with Gasteiger partial charge in [-0.05, 0) is 53.6 Å². The van der Waals surface area contributed by atoms with E-state index in [9.17, 15) is 9.90 Å². The lowest BCUT2D eigenvalue weighted by Gasteiger charge is -2.42. The van der Waals surface area contributed by atoms with Gasteiger partial charge in [0, 0.05) is 18.1 Å². The van der Waals surface area contributed by atoms with Crippen LogP contribution in [0.2, 0.25) is 16.6 Å². The molecule has 4 nitrogen and oxygen atoms in total. The first-order chi connectivity index (χ1) is 13.2. The number of ether oxygens (including phenoxy) is 1. The van der Waals surface area contributed by atoms with Crippen molar-refractivity contribution in [1.82, 2.24) is 0 Å². The summed E-state index contributed by atoms with van der Waals surface area (Å²) in [6.45, 7) is 13.5. The maximum Gasteiger partial charge on any atom is 0.258 e. The van der Waals surface area contributed by atoms with Gasteiger partial charge in [0.15, 0.2) is 11.5 Å². The second kappa shape index (κ2) is 9.44. The lowest BCUT2D eigenvalue weighted by Crippen LogP contribution is -2.50. The molecule has 1 unspecified atom stereocenters. The number of methoxy groups -OCH3 is 1. The Hall–Kier alpha value is -1.33. The SMILES string of the molecule is COc1cc(C(=O)C2CCC[C@H]2CO)[c]cc1O[Si](C(C)C)(C(C)C)C(C)C. The molecule has 157 valence electrons. The molecule has 1 N–H and O–H groups in total. The minimum absolute atomic E-state index is 0.0569. The topological polar surface area (TPSA) is 55.8 Å². The van der Waals surface area contributed by atoms with Crippen LogP contribution < -0.4 is 9.16 Å². The van der Waals surface area contributed by atoms with E-state index in [1.165, 1.54) is 0 Å². The molecule has 1 radical (unpaired) electrons. The zero-order chi connectivity index (χ0) is 21.1. The van der Waals surface area contributed by atoms with Gasteiger partial charge in [-0.3, -0.25) is 4.79 Å². The molecule has 0 bridgehead atoms. The van der Waals surface area contributed by atoms with Crippen molar-refractivity contribution in [2.75, 3.05) is 13.7 Å². The Labute approximate surface area is 171 Å². The van der Waals surface area contributed by atoms with E-state index in [0.29, 0.717) is 33.7 Å². The van der Waals surface area contributed by atoms with Crippen molar-refractivity contribution < 1.29 is 19.1 Å². The van der Waals surface area contributed by atoms with E-state index in [-0.39, 0.29) is 24.2 Å². The molecule has 1 saturated carbocycles. The lowest BCUT2D eigenvalue weighted by atomic mass is 9.89. The average Bonchev–Trinajstić information content (AvgIpc) is 3.13. The van der Waals surface area contributed by atoms with Crippen molar-refractivity contribution in [3.63, 3.8) is 0 Å². The Kier molecular flexibility index (Phi) is 7.74. The van der Waals surface area contributed by atoms with Gasteiger partial charge in [-0.2, -0.15) is 0 Å². The first-order valence-electron chi connectivity index (χ1n) is 10.6. The summed E-state index contributed by atoms with van der Waals surface area (Å²) in [6.07, 6.45) is 2.74. The van der Waals surface area contributed by atoms with Crippen LogP contribution in [0.1, 0.15) is 71.2 Å². The van der Waals surface area contributed by atoms with Gasteiger partial charge in [0.2, 0.25) is 0 Å². The van der Waals surface area contributed by atoms with Crippen LogP contribution in [-0.4, -0.2) is 32.9 Å². The smallest absolute Gasteiger partial charge is 0.258 e. The fourth-order valence-corrected chi connectivity index (χ4v) is 10.4. The summed E-state index contributed by atoms with van der Waals surface area (Å²) < 4.78 is 12.4. The van der Waals surface area contributed by atoms with Crippen LogP contribution in [0, 0.1) is 17.9 Å². The second-order valence-electron chi connectivity index (χ2n) is 9.04. The Balaban J connectivity index is 2.36. The third-order valence-electron chi connectivity index (χ3n) is 6.59. The molecule has 1 aliphatic carbocycles. The maximum absolute atomic E-state index is 13.0. The first kappa shape index (κ1) is 23.0. The van der Waals surface area contributed by atoms with Crippen molar-refractivity contribution in [2.24, 2.45) is 11.8 Å². The largest absolute Gasteiger partial charge is 0.540 e. The highest BCUT2D eigenvalue weighted by atomic mass is 28.4. The Morgan fingerprint density at radius 3 is 2.25 bits per heavy atom. The van der Waals surface area contributed by atoms with E-state index < -0.39 is 8.32 Å². The number of rotatable bonds is 9. The monoisotopic (exact) mass is 405 g/mol. The predicted octanol–water partition coefficient (Wildman–Crippen LogP) is 5.64. The number of carbonyl (C=O) groups excluding carboxylic acids is 1. The molecule has 0 heterocycles. The number of Topliss-reactive ketones (excluding diaryl/α,β-unsaturated/α-hetero) is 1. The standard InChI is InChI=1S/C23H37O4Si/c1-15(2)28(16(3)4,17(5)6)27-21-12-11-18(13-22(21)26-7)23(25)20-10-8-9-19(20)14-24/h12-13,15-17,19-20,24H,8-10,14H2,1-7H3/t19-,20?/m0/s1. The highest BCUT2D eigenvalue weighted by Crippen LogP contribution is 2.45. The van der Waals surface area contributed by atoms with E-state index in [1.54, 1.807) is 19.2 Å². The molecular weight excluding hydrogens is 368 g/mol. The van der Waals surface area contributed by atoms with E-state index >= 15 is 0 Å². The van der Waals surface area contributed by atoms with E-state index in [0.717, 1.165) is 19.3 Å². The van der Waals surface area contributed by atoms with Crippen LogP contribution in [0.25, 0.3) is 0 Å². The van der Waals surface area contributed by atoms with E-state index in [1.807, 2.05) is 0 Å². The zero-order valence-electron chi connectivity index (χ0n) is 18.5. The number of ketones is 1. The molecule has 1 fully saturated rings. The number of benzene rings is 1. The Bertz CT molecular complexity index is 647. The third-order valence-corrected chi connectivity index (χ3v) is 12.6. The molecule has 2 rings (SSSR count). The fourth-order valence-electron chi connectivity index (χ4n) is 5.18. The molecule has 0 aliphatic heterocycles. The summed E-state index contributed by atoms with van der Waals surface area (Å²) in [5.74, 6) is 1.28. The third kappa shape index (κ3) is 4.30. The first-order valence-corrected chi connectivity index (χ1v) is 12.8. The highest BCUT2D eigenvalue weighted by molar-refractivity contribution is 6.78. The summed E-state index contributed by atoms with van der Waals surface area (Å²) in [6, 6.07) is 6.71. The molecular formula is C23H37O4Si. The molecule has 28 heavy (non-hydrogen) atoms. The molecule has 0 saturated heterocycles. The molecule has 0 aromatic heterocycles. The Morgan fingerprint density at radius 2 is 1.75 bits per heavy atom. The van der Waals surface area contributed by atoms with E-state index in [2.05, 4.69) is 47.6 Å². The van der Waals surface area contributed by atoms with Gasteiger partial charge < -0.3 is 14.3 Å². The highest BCUT2D eigenvalue weighted by Gasteiger charge is 2.47. The summed E-state index contributed by atoms with van der Waals surface area (Å²) >= 11 is 0. The molecule has 0 amide bonds. The number of hydrogen-bond acceptors (Lipinski definition) is 4. The minimum Gasteiger partial charge on any atom is -0.540 e. The van der Waals surface area contributed by atoms with Crippen LogP contribution in [0.15, 0.2) is 12.1 Å². The second-order valence-corrected chi connectivity index (χ2v) is 14.4. The number of aliphatic hydroxyl groups excluding tert-OH is 1. The summed E-state index contributed by atoms with van der Waals surface area (Å²) in [7, 11) is -0.504. The van der Waals surface area contributed by atoms with Gasteiger partial charge >= 0.3 is 0 Å². The zero-order valence-corrected chi connectivity index (χ0v) is 19.5. The number of aliphatic hydroxyl groups is 1. The summed E-state index contributed by atoms with van der Waals surface area (Å²) in [5.41, 5.74) is 1.87. The lowest BCUT2D eigenvalue weighted by molar-refractivity contribution is 0.0850. The minimum atomic E-state index is -2.12. The maximum atomic E-state index is 13.0. The normalized spacial score (nSPS) is 20.2. The van der Waals surface area contributed by atoms with Crippen LogP contribution >= 0.6 is 0 Å². The van der Waals surface area contributed by atoms with Gasteiger partial charge in [-0.25, -0.2) is 0 Å². The Morgan fingerprint density at radius 1 is 1.14 bits per heavy atom. The van der Waals surface area contributed by atoms with Crippen molar-refractivity contribution >= 4 is 14.1 Å². The molecule has 1 aromatic carbocycles. The molecule has 2 atom stereocenters. The molecule has 0 spiro atoms. The van der Waals surface area contributed by atoms with Gasteiger partial charge in [-0.15, -0.1) is 0 Å². The number of carbonyl (C=O) groups is 1.